The van der Waals surface area contributed by atoms with Crippen molar-refractivity contribution in [3.63, 3.8) is 0 Å². The summed E-state index contributed by atoms with van der Waals surface area (Å²) in [5.74, 6) is -0.314. The Morgan fingerprint density at radius 3 is 2.31 bits per heavy atom. The van der Waals surface area contributed by atoms with Gasteiger partial charge in [-0.15, -0.1) is 0 Å². The van der Waals surface area contributed by atoms with Crippen LogP contribution in [0.15, 0.2) is 0 Å². The zero-order valence-electron chi connectivity index (χ0n) is 10.8. The summed E-state index contributed by atoms with van der Waals surface area (Å²) in [4.78, 5) is 22.4. The first-order valence-electron chi connectivity index (χ1n) is 5.58. The van der Waals surface area contributed by atoms with Crippen molar-refractivity contribution < 1.29 is 9.59 Å². The second-order valence-corrected chi connectivity index (χ2v) is 4.69. The normalized spacial score (nSPS) is 13.1. The van der Waals surface area contributed by atoms with Gasteiger partial charge in [0.2, 0.25) is 5.91 Å². The van der Waals surface area contributed by atoms with Crippen molar-refractivity contribution in [2.75, 3.05) is 13.6 Å². The Bertz CT molecular complexity index is 252. The van der Waals surface area contributed by atoms with Crippen molar-refractivity contribution in [1.82, 2.24) is 16.0 Å². The monoisotopic (exact) mass is 229 g/mol. The van der Waals surface area contributed by atoms with Gasteiger partial charge in [-0.2, -0.15) is 0 Å². The smallest absolute Gasteiger partial charge is 0.321 e. The highest BCUT2D eigenvalue weighted by atomic mass is 16.2. The molecule has 3 N–H and O–H groups in total. The minimum Gasteiger partial charge on any atom is -0.341 e. The molecule has 0 aromatic rings. The lowest BCUT2D eigenvalue weighted by atomic mass is 9.90. The third-order valence-corrected chi connectivity index (χ3v) is 2.70. The van der Waals surface area contributed by atoms with E-state index in [4.69, 9.17) is 0 Å². The van der Waals surface area contributed by atoms with Gasteiger partial charge in [0.15, 0.2) is 0 Å². The Morgan fingerprint density at radius 1 is 1.31 bits per heavy atom. The highest BCUT2D eigenvalue weighted by Crippen LogP contribution is 2.17. The number of nitrogens with one attached hydrogen (secondary N) is 3. The molecule has 0 aromatic carbocycles. The van der Waals surface area contributed by atoms with E-state index in [0.717, 1.165) is 13.0 Å². The third kappa shape index (κ3) is 5.70. The Morgan fingerprint density at radius 2 is 1.88 bits per heavy atom. The van der Waals surface area contributed by atoms with Crippen LogP contribution >= 0.6 is 0 Å². The molecular formula is C11H23N3O2. The molecule has 0 saturated carbocycles. The first-order valence-corrected chi connectivity index (χ1v) is 5.58. The van der Waals surface area contributed by atoms with Crippen molar-refractivity contribution in [1.29, 1.82) is 0 Å². The maximum atomic E-state index is 11.5. The van der Waals surface area contributed by atoms with Crippen molar-refractivity contribution in [2.24, 2.45) is 5.41 Å². The van der Waals surface area contributed by atoms with Crippen LogP contribution in [0.5, 0.6) is 0 Å². The van der Waals surface area contributed by atoms with Crippen LogP contribution in [0, 0.1) is 5.41 Å². The first-order chi connectivity index (χ1) is 7.32. The molecular weight excluding hydrogens is 206 g/mol. The van der Waals surface area contributed by atoms with Gasteiger partial charge in [0.25, 0.3) is 0 Å². The summed E-state index contributed by atoms with van der Waals surface area (Å²) in [6.45, 7) is 8.85. The molecule has 0 aliphatic carbocycles. The second kappa shape index (κ2) is 6.48. The molecule has 94 valence electrons. The fourth-order valence-electron chi connectivity index (χ4n) is 0.930. The molecule has 0 rings (SSSR count). The summed E-state index contributed by atoms with van der Waals surface area (Å²) in [5.41, 5.74) is 0.154. The zero-order chi connectivity index (χ0) is 12.8. The zero-order valence-corrected chi connectivity index (χ0v) is 10.8. The largest absolute Gasteiger partial charge is 0.341 e. The lowest BCUT2D eigenvalue weighted by Crippen LogP contribution is -2.49. The van der Waals surface area contributed by atoms with Crippen molar-refractivity contribution in [3.05, 3.63) is 0 Å². The summed E-state index contributed by atoms with van der Waals surface area (Å²) in [6.07, 6.45) is 1.03. The Hall–Kier alpha value is -1.10. The van der Waals surface area contributed by atoms with E-state index >= 15 is 0 Å². The van der Waals surface area contributed by atoms with Gasteiger partial charge in [-0.25, -0.2) is 4.79 Å². The summed E-state index contributed by atoms with van der Waals surface area (Å²) in [6, 6.07) is -0.850. The second-order valence-electron chi connectivity index (χ2n) is 4.69. The minimum absolute atomic E-state index is 0.154. The molecule has 0 saturated heterocycles. The van der Waals surface area contributed by atoms with E-state index in [1.54, 1.807) is 6.92 Å². The molecule has 0 aromatic heterocycles. The lowest BCUT2D eigenvalue weighted by Gasteiger charge is -2.25. The molecule has 16 heavy (non-hydrogen) atoms. The number of rotatable bonds is 5. The van der Waals surface area contributed by atoms with Crippen molar-refractivity contribution >= 4 is 11.9 Å². The molecule has 0 aliphatic heterocycles. The highest BCUT2D eigenvalue weighted by Gasteiger charge is 2.19. The van der Waals surface area contributed by atoms with E-state index in [1.165, 1.54) is 7.05 Å². The quantitative estimate of drug-likeness (QED) is 0.654. The fraction of sp³-hybridized carbons (Fsp3) is 0.818. The van der Waals surface area contributed by atoms with Gasteiger partial charge in [-0.1, -0.05) is 20.8 Å². The molecule has 0 bridgehead atoms. The molecule has 0 radical (unpaired) electrons. The van der Waals surface area contributed by atoms with Gasteiger partial charge in [0, 0.05) is 13.6 Å². The van der Waals surface area contributed by atoms with E-state index < -0.39 is 6.03 Å². The van der Waals surface area contributed by atoms with E-state index in [2.05, 4.69) is 36.7 Å². The van der Waals surface area contributed by atoms with Crippen LogP contribution in [0.4, 0.5) is 4.79 Å². The SMILES string of the molecule is CCC(C)(C)CNC(C)C(=O)NC(=O)NC. The molecule has 5 heteroatoms. The average molecular weight is 229 g/mol. The maximum absolute atomic E-state index is 11.5. The number of amides is 3. The summed E-state index contributed by atoms with van der Waals surface area (Å²) in [5, 5.41) is 7.68. The minimum atomic E-state index is -0.478. The molecule has 0 fully saturated rings. The average Bonchev–Trinajstić information content (AvgIpc) is 2.25. The van der Waals surface area contributed by atoms with E-state index in [-0.39, 0.29) is 17.4 Å². The number of urea groups is 1. The van der Waals surface area contributed by atoms with Crippen LogP contribution in [0.1, 0.15) is 34.1 Å². The number of carbonyl (C=O) groups excluding carboxylic acids is 2. The van der Waals surface area contributed by atoms with Gasteiger partial charge >= 0.3 is 6.03 Å². The van der Waals surface area contributed by atoms with Crippen LogP contribution in [-0.4, -0.2) is 31.6 Å². The lowest BCUT2D eigenvalue weighted by molar-refractivity contribution is -0.121. The van der Waals surface area contributed by atoms with Crippen molar-refractivity contribution in [3.8, 4) is 0 Å². The highest BCUT2D eigenvalue weighted by molar-refractivity contribution is 5.96. The Kier molecular flexibility index (Phi) is 6.03. The van der Waals surface area contributed by atoms with Gasteiger partial charge < -0.3 is 10.6 Å². The van der Waals surface area contributed by atoms with Crippen LogP contribution in [0.3, 0.4) is 0 Å². The Balaban J connectivity index is 4.02. The van der Waals surface area contributed by atoms with E-state index in [9.17, 15) is 9.59 Å². The fourth-order valence-corrected chi connectivity index (χ4v) is 0.930. The summed E-state index contributed by atoms with van der Waals surface area (Å²) >= 11 is 0. The molecule has 0 spiro atoms. The van der Waals surface area contributed by atoms with E-state index in [0.29, 0.717) is 0 Å². The summed E-state index contributed by atoms with van der Waals surface area (Å²) in [7, 11) is 1.47. The maximum Gasteiger partial charge on any atom is 0.321 e. The number of imide groups is 1. The van der Waals surface area contributed by atoms with Gasteiger partial charge in [0.1, 0.15) is 0 Å². The number of hydrogen-bond acceptors (Lipinski definition) is 3. The molecule has 3 amide bonds. The molecule has 1 atom stereocenters. The predicted octanol–water partition coefficient (Wildman–Crippen LogP) is 0.856. The van der Waals surface area contributed by atoms with Crippen molar-refractivity contribution in [2.45, 2.75) is 40.2 Å². The third-order valence-electron chi connectivity index (χ3n) is 2.70. The predicted molar refractivity (Wildman–Crippen MR) is 64.1 cm³/mol. The van der Waals surface area contributed by atoms with Gasteiger partial charge in [0.05, 0.1) is 6.04 Å². The van der Waals surface area contributed by atoms with Crippen LogP contribution in [0.2, 0.25) is 0 Å². The molecule has 5 nitrogen and oxygen atoms in total. The molecule has 0 heterocycles. The molecule has 0 aliphatic rings. The van der Waals surface area contributed by atoms with Crippen LogP contribution in [-0.2, 0) is 4.79 Å². The summed E-state index contributed by atoms with van der Waals surface area (Å²) < 4.78 is 0. The molecule has 1 unspecified atom stereocenters. The number of hydrogen-bond donors (Lipinski definition) is 3. The van der Waals surface area contributed by atoms with E-state index in [1.807, 2.05) is 0 Å². The first kappa shape index (κ1) is 14.9. The Labute approximate surface area is 97.4 Å². The van der Waals surface area contributed by atoms with Crippen LogP contribution in [0.25, 0.3) is 0 Å². The number of carbonyl (C=O) groups is 2. The topological polar surface area (TPSA) is 70.2 Å². The van der Waals surface area contributed by atoms with Crippen LogP contribution < -0.4 is 16.0 Å². The standard InChI is InChI=1S/C11H23N3O2/c1-6-11(3,4)7-13-8(2)9(15)14-10(16)12-5/h8,13H,6-7H2,1-5H3,(H2,12,14,15,16). The van der Waals surface area contributed by atoms with Gasteiger partial charge in [-0.05, 0) is 18.8 Å². The van der Waals surface area contributed by atoms with Gasteiger partial charge in [-0.3, -0.25) is 10.1 Å².